The van der Waals surface area contributed by atoms with Crippen LogP contribution in [0.25, 0.3) is 0 Å². The van der Waals surface area contributed by atoms with Crippen LogP contribution in [0.1, 0.15) is 10.6 Å². The van der Waals surface area contributed by atoms with Crippen LogP contribution in [-0.4, -0.2) is 85.4 Å². The second-order valence-corrected chi connectivity index (χ2v) is 7.39. The first-order valence-electron chi connectivity index (χ1n) is 9.93. The molecule has 8 heteroatoms. The van der Waals surface area contributed by atoms with Crippen molar-refractivity contribution in [3.63, 3.8) is 0 Å². The zero-order chi connectivity index (χ0) is 20.2. The molecule has 2 amide bonds. The Morgan fingerprint density at radius 2 is 1.52 bits per heavy atom. The first-order valence-corrected chi connectivity index (χ1v) is 9.93. The Bertz CT molecular complexity index is 824. The number of hydrogen-bond donors (Lipinski definition) is 0. The number of furan rings is 1. The summed E-state index contributed by atoms with van der Waals surface area (Å²) in [5.41, 5.74) is 0.982. The molecular formula is C21H25FN4O3. The lowest BCUT2D eigenvalue weighted by molar-refractivity contribution is -0.133. The molecule has 2 saturated heterocycles. The van der Waals surface area contributed by atoms with Crippen LogP contribution in [0.4, 0.5) is 10.1 Å². The van der Waals surface area contributed by atoms with Gasteiger partial charge in [0.05, 0.1) is 12.8 Å². The molecule has 4 rings (SSSR count). The van der Waals surface area contributed by atoms with E-state index in [1.165, 1.54) is 18.4 Å². The van der Waals surface area contributed by atoms with E-state index in [0.717, 1.165) is 18.8 Å². The molecule has 0 bridgehead atoms. The summed E-state index contributed by atoms with van der Waals surface area (Å²) >= 11 is 0. The first kappa shape index (κ1) is 19.4. The van der Waals surface area contributed by atoms with Gasteiger partial charge in [0.15, 0.2) is 5.76 Å². The van der Waals surface area contributed by atoms with Crippen LogP contribution in [0.15, 0.2) is 47.1 Å². The molecule has 0 saturated carbocycles. The Morgan fingerprint density at radius 3 is 2.14 bits per heavy atom. The first-order chi connectivity index (χ1) is 14.1. The molecular weight excluding hydrogens is 375 g/mol. The van der Waals surface area contributed by atoms with Gasteiger partial charge >= 0.3 is 0 Å². The third kappa shape index (κ3) is 4.59. The molecule has 2 aromatic rings. The van der Waals surface area contributed by atoms with Crippen molar-refractivity contribution in [3.05, 3.63) is 54.2 Å². The summed E-state index contributed by atoms with van der Waals surface area (Å²) < 4.78 is 18.3. The van der Waals surface area contributed by atoms with Crippen molar-refractivity contribution in [2.24, 2.45) is 0 Å². The van der Waals surface area contributed by atoms with Gasteiger partial charge in [-0.25, -0.2) is 4.39 Å². The van der Waals surface area contributed by atoms with E-state index in [1.807, 2.05) is 4.90 Å². The Labute approximate surface area is 169 Å². The fourth-order valence-electron chi connectivity index (χ4n) is 3.82. The summed E-state index contributed by atoms with van der Waals surface area (Å²) in [6, 6.07) is 9.85. The fraction of sp³-hybridized carbons (Fsp3) is 0.429. The van der Waals surface area contributed by atoms with Gasteiger partial charge in [-0.3, -0.25) is 14.5 Å². The molecule has 2 aliphatic heterocycles. The summed E-state index contributed by atoms with van der Waals surface area (Å²) in [7, 11) is 0. The normalized spacial score (nSPS) is 18.2. The van der Waals surface area contributed by atoms with Gasteiger partial charge in [0.2, 0.25) is 5.91 Å². The largest absolute Gasteiger partial charge is 0.459 e. The zero-order valence-corrected chi connectivity index (χ0v) is 16.3. The molecule has 0 unspecified atom stereocenters. The predicted octanol–water partition coefficient (Wildman–Crippen LogP) is 1.53. The molecule has 2 fully saturated rings. The number of halogens is 1. The monoisotopic (exact) mass is 400 g/mol. The van der Waals surface area contributed by atoms with Gasteiger partial charge < -0.3 is 19.1 Å². The van der Waals surface area contributed by atoms with Crippen molar-refractivity contribution >= 4 is 17.5 Å². The van der Waals surface area contributed by atoms with Crippen molar-refractivity contribution in [2.45, 2.75) is 0 Å². The lowest BCUT2D eigenvalue weighted by atomic mass is 10.2. The highest BCUT2D eigenvalue weighted by Crippen LogP contribution is 2.17. The second kappa shape index (κ2) is 8.65. The Morgan fingerprint density at radius 1 is 0.862 bits per heavy atom. The van der Waals surface area contributed by atoms with Gasteiger partial charge in [-0.15, -0.1) is 0 Å². The van der Waals surface area contributed by atoms with E-state index in [2.05, 4.69) is 9.80 Å². The number of anilines is 1. The zero-order valence-electron chi connectivity index (χ0n) is 16.3. The molecule has 0 aliphatic carbocycles. The highest BCUT2D eigenvalue weighted by Gasteiger charge is 2.27. The molecule has 1 aromatic heterocycles. The van der Waals surface area contributed by atoms with E-state index in [4.69, 9.17) is 4.42 Å². The minimum atomic E-state index is -0.242. The fourth-order valence-corrected chi connectivity index (χ4v) is 3.82. The summed E-state index contributed by atoms with van der Waals surface area (Å²) in [4.78, 5) is 32.9. The molecule has 154 valence electrons. The number of carbonyl (C=O) groups is 2. The molecule has 29 heavy (non-hydrogen) atoms. The van der Waals surface area contributed by atoms with Crippen molar-refractivity contribution in [1.29, 1.82) is 0 Å². The number of rotatable bonds is 4. The van der Waals surface area contributed by atoms with Gasteiger partial charge in [-0.05, 0) is 36.4 Å². The lowest BCUT2D eigenvalue weighted by Crippen LogP contribution is -2.54. The number of amides is 2. The van der Waals surface area contributed by atoms with Gasteiger partial charge in [-0.1, -0.05) is 0 Å². The quantitative estimate of drug-likeness (QED) is 0.779. The Balaban J connectivity index is 1.21. The Hall–Kier alpha value is -2.87. The molecule has 7 nitrogen and oxygen atoms in total. The smallest absolute Gasteiger partial charge is 0.289 e. The maximum absolute atomic E-state index is 13.1. The molecule has 3 heterocycles. The molecule has 0 spiro atoms. The molecule has 0 N–H and O–H groups in total. The number of carbonyl (C=O) groups excluding carboxylic acids is 2. The van der Waals surface area contributed by atoms with E-state index >= 15 is 0 Å². The number of hydrogen-bond acceptors (Lipinski definition) is 5. The Kier molecular flexibility index (Phi) is 5.80. The molecule has 0 atom stereocenters. The van der Waals surface area contributed by atoms with Crippen LogP contribution in [0.3, 0.4) is 0 Å². The van der Waals surface area contributed by atoms with E-state index in [9.17, 15) is 14.0 Å². The summed E-state index contributed by atoms with van der Waals surface area (Å²) in [5.74, 6) is 0.134. The van der Waals surface area contributed by atoms with Crippen molar-refractivity contribution in [3.8, 4) is 0 Å². The SMILES string of the molecule is O=C(CN1CCN(C(=O)c2ccco2)CC1)N1CCN(c2ccc(F)cc2)CC1. The highest BCUT2D eigenvalue weighted by molar-refractivity contribution is 5.91. The maximum Gasteiger partial charge on any atom is 0.289 e. The molecule has 2 aliphatic rings. The van der Waals surface area contributed by atoms with Crippen molar-refractivity contribution < 1.29 is 18.4 Å². The van der Waals surface area contributed by atoms with Gasteiger partial charge in [0, 0.05) is 58.0 Å². The van der Waals surface area contributed by atoms with Gasteiger partial charge in [0.25, 0.3) is 5.91 Å². The van der Waals surface area contributed by atoms with Crippen LogP contribution in [-0.2, 0) is 4.79 Å². The van der Waals surface area contributed by atoms with Crippen molar-refractivity contribution in [2.75, 3.05) is 63.8 Å². The van der Waals surface area contributed by atoms with Gasteiger partial charge in [0.1, 0.15) is 5.82 Å². The van der Waals surface area contributed by atoms with E-state index < -0.39 is 0 Å². The number of benzene rings is 1. The highest BCUT2D eigenvalue weighted by atomic mass is 19.1. The topological polar surface area (TPSA) is 60.2 Å². The minimum absolute atomic E-state index is 0.0992. The summed E-state index contributed by atoms with van der Waals surface area (Å²) in [6.45, 7) is 5.70. The summed E-state index contributed by atoms with van der Waals surface area (Å²) in [5, 5.41) is 0. The number of piperazine rings is 2. The maximum atomic E-state index is 13.1. The van der Waals surface area contributed by atoms with E-state index in [0.29, 0.717) is 51.6 Å². The molecule has 1 aromatic carbocycles. The van der Waals surface area contributed by atoms with Crippen molar-refractivity contribution in [1.82, 2.24) is 14.7 Å². The second-order valence-electron chi connectivity index (χ2n) is 7.39. The average molecular weight is 400 g/mol. The predicted molar refractivity (Wildman–Crippen MR) is 106 cm³/mol. The van der Waals surface area contributed by atoms with Crippen LogP contribution in [0.2, 0.25) is 0 Å². The lowest BCUT2D eigenvalue weighted by Gasteiger charge is -2.38. The van der Waals surface area contributed by atoms with E-state index in [-0.39, 0.29) is 17.6 Å². The van der Waals surface area contributed by atoms with Crippen LogP contribution in [0, 0.1) is 5.82 Å². The van der Waals surface area contributed by atoms with Crippen LogP contribution >= 0.6 is 0 Å². The third-order valence-corrected chi connectivity index (χ3v) is 5.57. The average Bonchev–Trinajstić information content (AvgIpc) is 3.29. The van der Waals surface area contributed by atoms with Crippen LogP contribution in [0.5, 0.6) is 0 Å². The number of nitrogens with zero attached hydrogens (tertiary/aromatic N) is 4. The van der Waals surface area contributed by atoms with Crippen LogP contribution < -0.4 is 4.90 Å². The standard InChI is InChI=1S/C21H25FN4O3/c22-17-3-5-18(6-4-17)24-11-13-25(14-12-24)20(27)16-23-7-9-26(10-8-23)21(28)19-2-1-15-29-19/h1-6,15H,7-14,16H2. The van der Waals surface area contributed by atoms with E-state index in [1.54, 1.807) is 29.2 Å². The minimum Gasteiger partial charge on any atom is -0.459 e. The molecule has 0 radical (unpaired) electrons. The summed E-state index contributed by atoms with van der Waals surface area (Å²) in [6.07, 6.45) is 1.50. The third-order valence-electron chi connectivity index (χ3n) is 5.57. The van der Waals surface area contributed by atoms with Gasteiger partial charge in [-0.2, -0.15) is 0 Å².